The molecular formula is C11H14N4O3. The van der Waals surface area contributed by atoms with Gasteiger partial charge in [0.2, 0.25) is 0 Å². The Morgan fingerprint density at radius 3 is 2.39 bits per heavy atom. The van der Waals surface area contributed by atoms with Crippen molar-refractivity contribution in [1.29, 1.82) is 0 Å². The molecule has 0 saturated carbocycles. The average Bonchev–Trinajstić information content (AvgIpc) is 2.37. The van der Waals surface area contributed by atoms with Crippen molar-refractivity contribution in [3.05, 3.63) is 35.4 Å². The van der Waals surface area contributed by atoms with Crippen LogP contribution in [0, 0.1) is 0 Å². The first kappa shape index (κ1) is 13.8. The molecule has 0 amide bonds. The lowest BCUT2D eigenvalue weighted by Gasteiger charge is -2.10. The Kier molecular flexibility index (Phi) is 4.94. The topological polar surface area (TPSA) is 110 Å². The Bertz CT molecular complexity index is 468. The lowest BCUT2D eigenvalue weighted by Crippen LogP contribution is -2.13. The predicted octanol–water partition coefficient (Wildman–Crippen LogP) is 1.16. The first-order valence-electron chi connectivity index (χ1n) is 5.07. The molecule has 0 spiro atoms. The number of hydrogen-bond donors (Lipinski definition) is 2. The van der Waals surface area contributed by atoms with Crippen LogP contribution in [0.5, 0.6) is 0 Å². The monoisotopic (exact) mass is 250 g/mol. The van der Waals surface area contributed by atoms with E-state index in [9.17, 15) is 4.79 Å². The van der Waals surface area contributed by atoms with Gasteiger partial charge in [-0.2, -0.15) is 10.2 Å². The van der Waals surface area contributed by atoms with Crippen molar-refractivity contribution < 1.29 is 14.6 Å². The number of benzene rings is 1. The Hall–Kier alpha value is -2.28. The summed E-state index contributed by atoms with van der Waals surface area (Å²) in [6.45, 7) is 0. The van der Waals surface area contributed by atoms with Crippen molar-refractivity contribution >= 4 is 11.8 Å². The molecule has 0 radical (unpaired) electrons. The first-order valence-corrected chi connectivity index (χ1v) is 5.07. The highest BCUT2D eigenvalue weighted by molar-refractivity contribution is 5.99. The van der Waals surface area contributed by atoms with Crippen LogP contribution in [0.25, 0.3) is 0 Å². The zero-order chi connectivity index (χ0) is 13.5. The Morgan fingerprint density at radius 1 is 1.39 bits per heavy atom. The van der Waals surface area contributed by atoms with Gasteiger partial charge in [0.05, 0.1) is 0 Å². The van der Waals surface area contributed by atoms with Crippen molar-refractivity contribution in [2.45, 2.75) is 6.10 Å². The molecule has 18 heavy (non-hydrogen) atoms. The number of carboxylic acids is 1. The highest BCUT2D eigenvalue weighted by atomic mass is 16.5. The smallest absolute Gasteiger partial charge is 0.337 e. The number of nitrogens with two attached hydrogens (primary N) is 1. The van der Waals surface area contributed by atoms with Crippen LogP contribution in [0.3, 0.4) is 0 Å². The quantitative estimate of drug-likeness (QED) is 0.274. The third-order valence-electron chi connectivity index (χ3n) is 2.25. The van der Waals surface area contributed by atoms with E-state index in [0.717, 1.165) is 0 Å². The summed E-state index contributed by atoms with van der Waals surface area (Å²) in [5.74, 6) is 4.40. The second-order valence-electron chi connectivity index (χ2n) is 3.33. The number of methoxy groups -OCH3 is 1. The van der Waals surface area contributed by atoms with Crippen molar-refractivity contribution in [3.63, 3.8) is 0 Å². The first-order chi connectivity index (χ1) is 8.63. The molecule has 7 heteroatoms. The van der Waals surface area contributed by atoms with E-state index in [2.05, 4.69) is 15.3 Å². The molecule has 0 bridgehead atoms. The van der Waals surface area contributed by atoms with E-state index in [-0.39, 0.29) is 5.84 Å². The SMILES string of the molecule is CN=NC(=NN)c1ccc(C(OC)C(=O)O)cc1. The summed E-state index contributed by atoms with van der Waals surface area (Å²) in [4.78, 5) is 10.9. The fraction of sp³-hybridized carbons (Fsp3) is 0.273. The molecule has 3 N–H and O–H groups in total. The summed E-state index contributed by atoms with van der Waals surface area (Å²) in [6, 6.07) is 6.55. The number of rotatable bonds is 4. The van der Waals surface area contributed by atoms with Gasteiger partial charge >= 0.3 is 5.97 Å². The second-order valence-corrected chi connectivity index (χ2v) is 3.33. The number of aliphatic carboxylic acids is 1. The summed E-state index contributed by atoms with van der Waals surface area (Å²) in [5, 5.41) is 19.7. The van der Waals surface area contributed by atoms with Gasteiger partial charge in [0.25, 0.3) is 0 Å². The number of nitrogens with zero attached hydrogens (tertiary/aromatic N) is 3. The van der Waals surface area contributed by atoms with Crippen LogP contribution in [0.1, 0.15) is 17.2 Å². The van der Waals surface area contributed by atoms with Crippen molar-refractivity contribution in [1.82, 2.24) is 0 Å². The average molecular weight is 250 g/mol. The maximum absolute atomic E-state index is 10.9. The summed E-state index contributed by atoms with van der Waals surface area (Å²) in [6.07, 6.45) is -0.995. The Labute approximate surface area is 104 Å². The van der Waals surface area contributed by atoms with Crippen LogP contribution in [0.15, 0.2) is 39.6 Å². The molecule has 0 aliphatic rings. The molecule has 0 aliphatic heterocycles. The third kappa shape index (κ3) is 3.11. The van der Waals surface area contributed by atoms with Crippen LogP contribution in [-0.2, 0) is 9.53 Å². The maximum Gasteiger partial charge on any atom is 0.337 e. The summed E-state index contributed by atoms with van der Waals surface area (Å²) >= 11 is 0. The highest BCUT2D eigenvalue weighted by Gasteiger charge is 2.18. The molecule has 0 fully saturated rings. The molecule has 1 rings (SSSR count). The van der Waals surface area contributed by atoms with Crippen molar-refractivity contribution in [2.24, 2.45) is 21.2 Å². The number of azo groups is 1. The second kappa shape index (κ2) is 6.45. The number of carbonyl (C=O) groups is 1. The third-order valence-corrected chi connectivity index (χ3v) is 2.25. The lowest BCUT2D eigenvalue weighted by atomic mass is 10.1. The summed E-state index contributed by atoms with van der Waals surface area (Å²) in [7, 11) is 2.84. The van der Waals surface area contributed by atoms with E-state index in [0.29, 0.717) is 11.1 Å². The number of hydrogen-bond acceptors (Lipinski definition) is 5. The molecule has 1 aromatic rings. The molecule has 0 saturated heterocycles. The Morgan fingerprint density at radius 2 is 2.00 bits per heavy atom. The van der Waals surface area contributed by atoms with Crippen LogP contribution in [0.4, 0.5) is 0 Å². The minimum Gasteiger partial charge on any atom is -0.479 e. The minimum atomic E-state index is -1.05. The van der Waals surface area contributed by atoms with Gasteiger partial charge in [-0.15, -0.1) is 5.11 Å². The molecule has 7 nitrogen and oxygen atoms in total. The molecule has 1 atom stereocenters. The number of carboxylic acid groups (broad SMARTS) is 1. The molecule has 0 aliphatic carbocycles. The highest BCUT2D eigenvalue weighted by Crippen LogP contribution is 2.18. The van der Waals surface area contributed by atoms with Gasteiger partial charge in [0.15, 0.2) is 11.9 Å². The maximum atomic E-state index is 10.9. The van der Waals surface area contributed by atoms with Gasteiger partial charge in [-0.25, -0.2) is 4.79 Å². The van der Waals surface area contributed by atoms with Crippen LogP contribution in [-0.4, -0.2) is 31.1 Å². The van der Waals surface area contributed by atoms with Gasteiger partial charge in [-0.05, 0) is 5.56 Å². The van der Waals surface area contributed by atoms with Gasteiger partial charge in [-0.3, -0.25) is 0 Å². The zero-order valence-electron chi connectivity index (χ0n) is 10.1. The van der Waals surface area contributed by atoms with Gasteiger partial charge in [0.1, 0.15) is 0 Å². The standard InChI is InChI=1S/C11H14N4O3/c1-13-15-10(14-12)8-5-3-7(4-6-8)9(18-2)11(16)17/h3-6,9H,12H2,1-2H3,(H,16,17). The Balaban J connectivity index is 3.02. The predicted molar refractivity (Wildman–Crippen MR) is 65.3 cm³/mol. The normalized spacial score (nSPS) is 13.8. The van der Waals surface area contributed by atoms with Crippen LogP contribution >= 0.6 is 0 Å². The van der Waals surface area contributed by atoms with Crippen LogP contribution in [0.2, 0.25) is 0 Å². The van der Waals surface area contributed by atoms with Crippen LogP contribution < -0.4 is 5.84 Å². The molecule has 96 valence electrons. The molecule has 0 heterocycles. The van der Waals surface area contributed by atoms with E-state index in [1.165, 1.54) is 14.2 Å². The molecule has 0 aromatic heterocycles. The fourth-order valence-electron chi connectivity index (χ4n) is 1.44. The number of ether oxygens (including phenoxy) is 1. The van der Waals surface area contributed by atoms with Crippen molar-refractivity contribution in [2.75, 3.05) is 14.2 Å². The van der Waals surface area contributed by atoms with Crippen molar-refractivity contribution in [3.8, 4) is 0 Å². The van der Waals surface area contributed by atoms with Gasteiger partial charge in [-0.1, -0.05) is 24.3 Å². The number of amidine groups is 1. The summed E-state index contributed by atoms with van der Waals surface area (Å²) in [5.41, 5.74) is 1.17. The van der Waals surface area contributed by atoms with Gasteiger partial charge < -0.3 is 15.7 Å². The van der Waals surface area contributed by atoms with Gasteiger partial charge in [0, 0.05) is 19.7 Å². The van der Waals surface area contributed by atoms with E-state index >= 15 is 0 Å². The zero-order valence-corrected chi connectivity index (χ0v) is 10.1. The fourth-order valence-corrected chi connectivity index (χ4v) is 1.44. The summed E-state index contributed by atoms with van der Waals surface area (Å²) < 4.78 is 4.88. The van der Waals surface area contributed by atoms with E-state index in [1.54, 1.807) is 24.3 Å². The minimum absolute atomic E-state index is 0.272. The molecule has 1 aromatic carbocycles. The van der Waals surface area contributed by atoms with E-state index in [1.807, 2.05) is 0 Å². The van der Waals surface area contributed by atoms with E-state index in [4.69, 9.17) is 15.7 Å². The van der Waals surface area contributed by atoms with E-state index < -0.39 is 12.1 Å². The molecular weight excluding hydrogens is 236 g/mol. The largest absolute Gasteiger partial charge is 0.479 e. The number of hydrazone groups is 1. The molecule has 1 unspecified atom stereocenters. The lowest BCUT2D eigenvalue weighted by molar-refractivity contribution is -0.148.